The molecule has 0 spiro atoms. The van der Waals surface area contributed by atoms with Gasteiger partial charge in [0.1, 0.15) is 0 Å². The van der Waals surface area contributed by atoms with Gasteiger partial charge in [-0.3, -0.25) is 0 Å². The number of aryl methyl sites for hydroxylation is 1. The molecule has 0 saturated heterocycles. The van der Waals surface area contributed by atoms with Gasteiger partial charge in [-0.1, -0.05) is 61.1 Å². The summed E-state index contributed by atoms with van der Waals surface area (Å²) in [6.07, 6.45) is 12.7. The van der Waals surface area contributed by atoms with Crippen molar-refractivity contribution in [1.82, 2.24) is 0 Å². The van der Waals surface area contributed by atoms with Gasteiger partial charge >= 0.3 is 0 Å². The normalized spacial score (nSPS) is 16.5. The summed E-state index contributed by atoms with van der Waals surface area (Å²) in [6.45, 7) is 8.75. The molecule has 0 heterocycles. The molecule has 0 heteroatoms. The van der Waals surface area contributed by atoms with Crippen molar-refractivity contribution in [3.05, 3.63) is 64.2 Å². The Balaban J connectivity index is 2.27. The molecular weight excluding hydrogens is 264 g/mol. The molecule has 0 nitrogen and oxygen atoms in total. The second-order valence-electron chi connectivity index (χ2n) is 6.51. The fourth-order valence-electron chi connectivity index (χ4n) is 3.20. The Labute approximate surface area is 133 Å². The van der Waals surface area contributed by atoms with E-state index in [1.165, 1.54) is 38.6 Å². The van der Waals surface area contributed by atoms with Crippen LogP contribution in [0.25, 0.3) is 29.0 Å². The highest BCUT2D eigenvalue weighted by Crippen LogP contribution is 2.32. The lowest BCUT2D eigenvalue weighted by atomic mass is 9.93. The SMILES string of the molecule is CCC1C=Cc2c(C)cc3ccc(C=C(C)C)cc3c2C=C1. The molecule has 2 aromatic rings. The number of fused-ring (bicyclic) bond motifs is 3. The summed E-state index contributed by atoms with van der Waals surface area (Å²) in [5.41, 5.74) is 6.71. The largest absolute Gasteiger partial charge is 0.0770 e. The van der Waals surface area contributed by atoms with E-state index in [0.717, 1.165) is 6.42 Å². The summed E-state index contributed by atoms with van der Waals surface area (Å²) in [5, 5.41) is 2.68. The second-order valence-corrected chi connectivity index (χ2v) is 6.51. The van der Waals surface area contributed by atoms with Crippen LogP contribution in [0.1, 0.15) is 49.4 Å². The lowest BCUT2D eigenvalue weighted by Crippen LogP contribution is -1.90. The lowest BCUT2D eigenvalue weighted by molar-refractivity contribution is 0.782. The van der Waals surface area contributed by atoms with Gasteiger partial charge in [0.25, 0.3) is 0 Å². The zero-order chi connectivity index (χ0) is 15.7. The van der Waals surface area contributed by atoms with Crippen molar-refractivity contribution >= 4 is 29.0 Å². The Morgan fingerprint density at radius 3 is 2.45 bits per heavy atom. The van der Waals surface area contributed by atoms with Crippen LogP contribution in [0.15, 0.2) is 42.0 Å². The van der Waals surface area contributed by atoms with Crippen LogP contribution in [-0.2, 0) is 0 Å². The minimum Gasteiger partial charge on any atom is -0.0770 e. The molecule has 0 amide bonds. The van der Waals surface area contributed by atoms with Crippen molar-refractivity contribution in [2.45, 2.75) is 34.1 Å². The average molecular weight is 288 g/mol. The molecule has 1 aliphatic carbocycles. The average Bonchev–Trinajstić information content (AvgIpc) is 2.70. The third-order valence-electron chi connectivity index (χ3n) is 4.40. The molecule has 1 aliphatic rings. The Hall–Kier alpha value is -2.08. The van der Waals surface area contributed by atoms with E-state index in [9.17, 15) is 0 Å². The van der Waals surface area contributed by atoms with Crippen molar-refractivity contribution < 1.29 is 0 Å². The quantitative estimate of drug-likeness (QED) is 0.581. The summed E-state index contributed by atoms with van der Waals surface area (Å²) in [6, 6.07) is 9.10. The van der Waals surface area contributed by atoms with Gasteiger partial charge in [0.15, 0.2) is 0 Å². The van der Waals surface area contributed by atoms with E-state index < -0.39 is 0 Å². The third kappa shape index (κ3) is 2.78. The Morgan fingerprint density at radius 2 is 1.77 bits per heavy atom. The van der Waals surface area contributed by atoms with Gasteiger partial charge in [0.2, 0.25) is 0 Å². The zero-order valence-electron chi connectivity index (χ0n) is 14.0. The highest BCUT2D eigenvalue weighted by atomic mass is 14.2. The molecule has 1 atom stereocenters. The van der Waals surface area contributed by atoms with Crippen LogP contribution >= 0.6 is 0 Å². The third-order valence-corrected chi connectivity index (χ3v) is 4.40. The second kappa shape index (κ2) is 5.96. The van der Waals surface area contributed by atoms with Crippen molar-refractivity contribution in [3.8, 4) is 0 Å². The number of rotatable bonds is 2. The zero-order valence-corrected chi connectivity index (χ0v) is 14.0. The van der Waals surface area contributed by atoms with Crippen LogP contribution in [-0.4, -0.2) is 0 Å². The lowest BCUT2D eigenvalue weighted by Gasteiger charge is -2.11. The molecule has 3 rings (SSSR count). The van der Waals surface area contributed by atoms with E-state index in [1.54, 1.807) is 0 Å². The van der Waals surface area contributed by atoms with E-state index in [0.29, 0.717) is 5.92 Å². The molecule has 0 saturated carbocycles. The topological polar surface area (TPSA) is 0 Å². The molecule has 0 N–H and O–H groups in total. The predicted octanol–water partition coefficient (Wildman–Crippen LogP) is 6.64. The first-order valence-corrected chi connectivity index (χ1v) is 8.17. The number of hydrogen-bond donors (Lipinski definition) is 0. The Bertz CT molecular complexity index is 796. The smallest absolute Gasteiger partial charge is 0.00494 e. The first kappa shape index (κ1) is 14.8. The molecule has 2 aromatic carbocycles. The van der Waals surface area contributed by atoms with Gasteiger partial charge in [-0.25, -0.2) is 0 Å². The molecule has 0 fully saturated rings. The molecule has 1 unspecified atom stereocenters. The molecule has 0 radical (unpaired) electrons. The molecule has 0 aromatic heterocycles. The molecule has 22 heavy (non-hydrogen) atoms. The first-order valence-electron chi connectivity index (χ1n) is 8.17. The maximum Gasteiger partial charge on any atom is -0.00494 e. The highest BCUT2D eigenvalue weighted by molar-refractivity contribution is 5.97. The van der Waals surface area contributed by atoms with Crippen molar-refractivity contribution in [1.29, 1.82) is 0 Å². The summed E-state index contributed by atoms with van der Waals surface area (Å²) >= 11 is 0. The predicted molar refractivity (Wildman–Crippen MR) is 99.9 cm³/mol. The van der Waals surface area contributed by atoms with Gasteiger partial charge < -0.3 is 0 Å². The van der Waals surface area contributed by atoms with E-state index in [4.69, 9.17) is 0 Å². The van der Waals surface area contributed by atoms with Crippen LogP contribution in [0.2, 0.25) is 0 Å². The Kier molecular flexibility index (Phi) is 4.02. The molecule has 0 bridgehead atoms. The van der Waals surface area contributed by atoms with Gasteiger partial charge in [0, 0.05) is 0 Å². The molecule has 0 aliphatic heterocycles. The van der Waals surface area contributed by atoms with E-state index in [1.807, 2.05) is 0 Å². The van der Waals surface area contributed by atoms with E-state index >= 15 is 0 Å². The van der Waals surface area contributed by atoms with Crippen molar-refractivity contribution in [3.63, 3.8) is 0 Å². The first-order chi connectivity index (χ1) is 10.6. The maximum absolute atomic E-state index is 2.34. The number of hydrogen-bond acceptors (Lipinski definition) is 0. The number of allylic oxidation sites excluding steroid dienone is 3. The van der Waals surface area contributed by atoms with Crippen LogP contribution in [0.4, 0.5) is 0 Å². The van der Waals surface area contributed by atoms with Crippen LogP contribution in [0.5, 0.6) is 0 Å². The Morgan fingerprint density at radius 1 is 1.05 bits per heavy atom. The number of benzene rings is 2. The minimum absolute atomic E-state index is 0.544. The van der Waals surface area contributed by atoms with Gasteiger partial charge in [-0.05, 0) is 72.2 Å². The minimum atomic E-state index is 0.544. The summed E-state index contributed by atoms with van der Waals surface area (Å²) in [7, 11) is 0. The highest BCUT2D eigenvalue weighted by Gasteiger charge is 2.11. The maximum atomic E-state index is 2.34. The summed E-state index contributed by atoms with van der Waals surface area (Å²) in [5.74, 6) is 0.544. The molecule has 112 valence electrons. The van der Waals surface area contributed by atoms with E-state index in [2.05, 4.69) is 82.3 Å². The van der Waals surface area contributed by atoms with E-state index in [-0.39, 0.29) is 0 Å². The fourth-order valence-corrected chi connectivity index (χ4v) is 3.20. The monoisotopic (exact) mass is 288 g/mol. The van der Waals surface area contributed by atoms with Crippen LogP contribution in [0.3, 0.4) is 0 Å². The van der Waals surface area contributed by atoms with Crippen molar-refractivity contribution in [2.75, 3.05) is 0 Å². The van der Waals surface area contributed by atoms with Gasteiger partial charge in [-0.2, -0.15) is 0 Å². The van der Waals surface area contributed by atoms with Gasteiger partial charge in [0.05, 0.1) is 0 Å². The summed E-state index contributed by atoms with van der Waals surface area (Å²) in [4.78, 5) is 0. The standard InChI is InChI=1S/C22H24/c1-5-17-7-10-20-16(4)13-19-9-6-18(12-15(2)3)14-22(19)21(20)11-8-17/h6-14,17H,5H2,1-4H3. The van der Waals surface area contributed by atoms with Crippen molar-refractivity contribution in [2.24, 2.45) is 5.92 Å². The fraction of sp³-hybridized carbons (Fsp3) is 0.273. The van der Waals surface area contributed by atoms with Gasteiger partial charge in [-0.15, -0.1) is 0 Å². The van der Waals surface area contributed by atoms with Crippen LogP contribution in [0, 0.1) is 12.8 Å². The summed E-state index contributed by atoms with van der Waals surface area (Å²) < 4.78 is 0. The van der Waals surface area contributed by atoms with Crippen LogP contribution < -0.4 is 0 Å². The molecular formula is C22H24.